The first-order valence-corrected chi connectivity index (χ1v) is 5.71. The van der Waals surface area contributed by atoms with Crippen molar-refractivity contribution in [3.05, 3.63) is 29.8 Å². The number of unbranched alkanes of at least 4 members (excludes halogenated alkanes) is 2. The number of hydrogen-bond acceptors (Lipinski definition) is 2. The van der Waals surface area contributed by atoms with Gasteiger partial charge in [-0.15, -0.1) is 0 Å². The summed E-state index contributed by atoms with van der Waals surface area (Å²) in [5.41, 5.74) is 2.38. The van der Waals surface area contributed by atoms with Crippen molar-refractivity contribution < 1.29 is 9.90 Å². The second kappa shape index (κ2) is 6.88. The Bertz CT molecular complexity index is 336. The molecule has 16 heavy (non-hydrogen) atoms. The van der Waals surface area contributed by atoms with Crippen molar-refractivity contribution in [2.24, 2.45) is 0 Å². The zero-order valence-electron chi connectivity index (χ0n) is 9.70. The second-order valence-electron chi connectivity index (χ2n) is 4.00. The maximum Gasteiger partial charge on any atom is 0.303 e. The number of benzene rings is 1. The van der Waals surface area contributed by atoms with E-state index in [9.17, 15) is 4.79 Å². The molecule has 0 saturated carbocycles. The Morgan fingerprint density at radius 3 is 2.81 bits per heavy atom. The standard InChI is InChI=1S/C13H19NO2/c1-11-6-5-7-12(10-11)14-9-4-2-3-8-13(15)16/h5-7,10,14H,2-4,8-9H2,1H3,(H,15,16). The Labute approximate surface area is 96.5 Å². The van der Waals surface area contributed by atoms with E-state index >= 15 is 0 Å². The summed E-state index contributed by atoms with van der Waals surface area (Å²) in [6.07, 6.45) is 3.03. The first kappa shape index (κ1) is 12.6. The van der Waals surface area contributed by atoms with E-state index in [0.717, 1.165) is 31.5 Å². The zero-order valence-corrected chi connectivity index (χ0v) is 9.70. The van der Waals surface area contributed by atoms with Gasteiger partial charge in [-0.2, -0.15) is 0 Å². The summed E-state index contributed by atoms with van der Waals surface area (Å²) in [5, 5.41) is 11.8. The molecule has 0 aliphatic rings. The molecule has 88 valence electrons. The van der Waals surface area contributed by atoms with Crippen molar-refractivity contribution in [3.63, 3.8) is 0 Å². The van der Waals surface area contributed by atoms with Gasteiger partial charge in [0.15, 0.2) is 0 Å². The van der Waals surface area contributed by atoms with E-state index in [1.165, 1.54) is 5.56 Å². The molecule has 0 aromatic heterocycles. The molecule has 0 bridgehead atoms. The van der Waals surface area contributed by atoms with Crippen LogP contribution in [-0.4, -0.2) is 17.6 Å². The normalized spacial score (nSPS) is 10.1. The van der Waals surface area contributed by atoms with E-state index in [1.807, 2.05) is 12.1 Å². The topological polar surface area (TPSA) is 49.3 Å². The molecule has 0 aliphatic heterocycles. The maximum atomic E-state index is 10.3. The highest BCUT2D eigenvalue weighted by molar-refractivity contribution is 5.66. The van der Waals surface area contributed by atoms with Crippen LogP contribution < -0.4 is 5.32 Å². The van der Waals surface area contributed by atoms with Gasteiger partial charge in [0.25, 0.3) is 0 Å². The number of rotatable bonds is 7. The third-order valence-electron chi connectivity index (χ3n) is 2.41. The summed E-state index contributed by atoms with van der Waals surface area (Å²) in [6, 6.07) is 8.25. The van der Waals surface area contributed by atoms with Crippen molar-refractivity contribution in [2.45, 2.75) is 32.6 Å². The highest BCUT2D eigenvalue weighted by Gasteiger charge is 1.96. The van der Waals surface area contributed by atoms with Gasteiger partial charge < -0.3 is 10.4 Å². The molecule has 0 amide bonds. The lowest BCUT2D eigenvalue weighted by molar-refractivity contribution is -0.137. The van der Waals surface area contributed by atoms with Crippen molar-refractivity contribution in [3.8, 4) is 0 Å². The molecule has 0 spiro atoms. The average Bonchev–Trinajstić information content (AvgIpc) is 2.23. The predicted octanol–water partition coefficient (Wildman–Crippen LogP) is 3.05. The van der Waals surface area contributed by atoms with Gasteiger partial charge in [0, 0.05) is 18.7 Å². The Balaban J connectivity index is 2.09. The third kappa shape index (κ3) is 5.39. The summed E-state index contributed by atoms with van der Waals surface area (Å²) in [7, 11) is 0. The fraction of sp³-hybridized carbons (Fsp3) is 0.462. The number of carboxylic acid groups (broad SMARTS) is 1. The van der Waals surface area contributed by atoms with Gasteiger partial charge in [-0.1, -0.05) is 18.6 Å². The number of aryl methyl sites for hydroxylation is 1. The van der Waals surface area contributed by atoms with Gasteiger partial charge in [0.1, 0.15) is 0 Å². The van der Waals surface area contributed by atoms with E-state index in [4.69, 9.17) is 5.11 Å². The Morgan fingerprint density at radius 1 is 1.31 bits per heavy atom. The average molecular weight is 221 g/mol. The van der Waals surface area contributed by atoms with Gasteiger partial charge in [-0.3, -0.25) is 4.79 Å². The molecule has 2 N–H and O–H groups in total. The van der Waals surface area contributed by atoms with Gasteiger partial charge in [-0.25, -0.2) is 0 Å². The van der Waals surface area contributed by atoms with E-state index in [1.54, 1.807) is 0 Å². The minimum atomic E-state index is -0.702. The number of anilines is 1. The van der Waals surface area contributed by atoms with Crippen LogP contribution in [0, 0.1) is 6.92 Å². The zero-order chi connectivity index (χ0) is 11.8. The molecule has 1 rings (SSSR count). The van der Waals surface area contributed by atoms with E-state index < -0.39 is 5.97 Å². The lowest BCUT2D eigenvalue weighted by Crippen LogP contribution is -2.02. The molecular formula is C13H19NO2. The summed E-state index contributed by atoms with van der Waals surface area (Å²) in [6.45, 7) is 2.97. The maximum absolute atomic E-state index is 10.3. The van der Waals surface area contributed by atoms with Crippen molar-refractivity contribution in [1.82, 2.24) is 0 Å². The minimum absolute atomic E-state index is 0.282. The van der Waals surface area contributed by atoms with E-state index in [0.29, 0.717) is 0 Å². The molecular weight excluding hydrogens is 202 g/mol. The predicted molar refractivity (Wildman–Crippen MR) is 65.8 cm³/mol. The Hall–Kier alpha value is -1.51. The molecule has 0 heterocycles. The van der Waals surface area contributed by atoms with Crippen LogP contribution in [0.15, 0.2) is 24.3 Å². The molecule has 0 unspecified atom stereocenters. The third-order valence-corrected chi connectivity index (χ3v) is 2.41. The van der Waals surface area contributed by atoms with Crippen LogP contribution in [0.2, 0.25) is 0 Å². The van der Waals surface area contributed by atoms with E-state index in [2.05, 4.69) is 24.4 Å². The van der Waals surface area contributed by atoms with E-state index in [-0.39, 0.29) is 6.42 Å². The van der Waals surface area contributed by atoms with Crippen LogP contribution in [0.25, 0.3) is 0 Å². The number of hydrogen-bond donors (Lipinski definition) is 2. The fourth-order valence-corrected chi connectivity index (χ4v) is 1.57. The smallest absolute Gasteiger partial charge is 0.303 e. The highest BCUT2D eigenvalue weighted by atomic mass is 16.4. The SMILES string of the molecule is Cc1cccc(NCCCCCC(=O)O)c1. The quantitative estimate of drug-likeness (QED) is 0.696. The van der Waals surface area contributed by atoms with Crippen molar-refractivity contribution in [2.75, 3.05) is 11.9 Å². The van der Waals surface area contributed by atoms with Crippen molar-refractivity contribution >= 4 is 11.7 Å². The lowest BCUT2D eigenvalue weighted by atomic mass is 10.2. The van der Waals surface area contributed by atoms with Crippen LogP contribution in [0.5, 0.6) is 0 Å². The highest BCUT2D eigenvalue weighted by Crippen LogP contribution is 2.09. The van der Waals surface area contributed by atoms with Crippen molar-refractivity contribution in [1.29, 1.82) is 0 Å². The molecule has 1 aromatic rings. The van der Waals surface area contributed by atoms with Crippen LogP contribution in [-0.2, 0) is 4.79 Å². The second-order valence-corrected chi connectivity index (χ2v) is 4.00. The number of carboxylic acids is 1. The van der Waals surface area contributed by atoms with Gasteiger partial charge >= 0.3 is 5.97 Å². The van der Waals surface area contributed by atoms with Crippen LogP contribution in [0.1, 0.15) is 31.2 Å². The Kier molecular flexibility index (Phi) is 5.40. The molecule has 0 saturated heterocycles. The minimum Gasteiger partial charge on any atom is -0.481 e. The monoisotopic (exact) mass is 221 g/mol. The molecule has 3 nitrogen and oxygen atoms in total. The van der Waals surface area contributed by atoms with Gasteiger partial charge in [-0.05, 0) is 37.5 Å². The number of aliphatic carboxylic acids is 1. The molecule has 0 atom stereocenters. The molecule has 0 fully saturated rings. The van der Waals surface area contributed by atoms with Gasteiger partial charge in [0.05, 0.1) is 0 Å². The fourth-order valence-electron chi connectivity index (χ4n) is 1.57. The number of carbonyl (C=O) groups is 1. The Morgan fingerprint density at radius 2 is 2.12 bits per heavy atom. The first-order valence-electron chi connectivity index (χ1n) is 5.71. The summed E-state index contributed by atoms with van der Waals surface area (Å²) >= 11 is 0. The molecule has 3 heteroatoms. The lowest BCUT2D eigenvalue weighted by Gasteiger charge is -2.06. The van der Waals surface area contributed by atoms with Crippen LogP contribution >= 0.6 is 0 Å². The van der Waals surface area contributed by atoms with Gasteiger partial charge in [0.2, 0.25) is 0 Å². The van der Waals surface area contributed by atoms with Crippen LogP contribution in [0.4, 0.5) is 5.69 Å². The summed E-state index contributed by atoms with van der Waals surface area (Å²) < 4.78 is 0. The summed E-state index contributed by atoms with van der Waals surface area (Å²) in [5.74, 6) is -0.702. The molecule has 0 radical (unpaired) electrons. The number of nitrogens with one attached hydrogen (secondary N) is 1. The molecule has 1 aromatic carbocycles. The molecule has 0 aliphatic carbocycles. The van der Waals surface area contributed by atoms with Crippen LogP contribution in [0.3, 0.4) is 0 Å². The largest absolute Gasteiger partial charge is 0.481 e. The first-order chi connectivity index (χ1) is 7.68. The summed E-state index contributed by atoms with van der Waals surface area (Å²) in [4.78, 5) is 10.3.